The fraction of sp³-hybridized carbons (Fsp3) is 0.438. The third-order valence-electron chi connectivity index (χ3n) is 2.45. The Balaban J connectivity index is 2.88. The smallest absolute Gasteiger partial charge is 0.251 e. The maximum Gasteiger partial charge on any atom is 0.251 e. The lowest BCUT2D eigenvalue weighted by Gasteiger charge is -2.18. The van der Waals surface area contributed by atoms with Gasteiger partial charge in [0.25, 0.3) is 5.91 Å². The second-order valence-electron chi connectivity index (χ2n) is 5.84. The number of aryl methyl sites for hydroxylation is 1. The van der Waals surface area contributed by atoms with Crippen LogP contribution in [0.3, 0.4) is 0 Å². The average molecular weight is 258 g/mol. The minimum absolute atomic E-state index is 0.0607. The van der Waals surface area contributed by atoms with Gasteiger partial charge in [0.1, 0.15) is 0 Å². The van der Waals surface area contributed by atoms with Crippen molar-refractivity contribution in [1.29, 1.82) is 0 Å². The molecule has 102 valence electrons. The SMILES string of the molecule is Cc1cc(C#CCN)cc(C(=O)NCC(C)(C)C)c1. The van der Waals surface area contributed by atoms with Crippen LogP contribution in [0.25, 0.3) is 0 Å². The first-order valence-corrected chi connectivity index (χ1v) is 6.41. The van der Waals surface area contributed by atoms with E-state index >= 15 is 0 Å². The molecule has 1 amide bonds. The van der Waals surface area contributed by atoms with E-state index in [1.807, 2.05) is 19.1 Å². The topological polar surface area (TPSA) is 55.1 Å². The van der Waals surface area contributed by atoms with Crippen molar-refractivity contribution >= 4 is 5.91 Å². The highest BCUT2D eigenvalue weighted by molar-refractivity contribution is 5.94. The van der Waals surface area contributed by atoms with Gasteiger partial charge in [0, 0.05) is 17.7 Å². The molecule has 0 aliphatic rings. The summed E-state index contributed by atoms with van der Waals surface area (Å²) >= 11 is 0. The summed E-state index contributed by atoms with van der Waals surface area (Å²) in [7, 11) is 0. The molecule has 0 bridgehead atoms. The highest BCUT2D eigenvalue weighted by Gasteiger charge is 2.13. The van der Waals surface area contributed by atoms with Crippen molar-refractivity contribution in [3.05, 3.63) is 34.9 Å². The average Bonchev–Trinajstić information content (AvgIpc) is 2.31. The number of rotatable bonds is 2. The second-order valence-corrected chi connectivity index (χ2v) is 5.84. The molecule has 3 heteroatoms. The van der Waals surface area contributed by atoms with Gasteiger partial charge in [0.05, 0.1) is 6.54 Å². The molecule has 0 radical (unpaired) electrons. The molecule has 0 aliphatic heterocycles. The van der Waals surface area contributed by atoms with Gasteiger partial charge in [-0.15, -0.1) is 0 Å². The standard InChI is InChI=1S/C16H22N2O/c1-12-8-13(6-5-7-17)10-14(9-12)15(19)18-11-16(2,3)4/h8-10H,7,11,17H2,1-4H3,(H,18,19). The van der Waals surface area contributed by atoms with Gasteiger partial charge >= 0.3 is 0 Å². The molecule has 3 N–H and O–H groups in total. The molecular weight excluding hydrogens is 236 g/mol. The lowest BCUT2D eigenvalue weighted by molar-refractivity contribution is 0.0939. The number of carbonyl (C=O) groups is 1. The summed E-state index contributed by atoms with van der Waals surface area (Å²) in [6, 6.07) is 5.61. The quantitative estimate of drug-likeness (QED) is 0.798. The lowest BCUT2D eigenvalue weighted by atomic mass is 9.96. The Kier molecular flexibility index (Phi) is 5.14. The first kappa shape index (κ1) is 15.3. The largest absolute Gasteiger partial charge is 0.352 e. The van der Waals surface area contributed by atoms with Crippen LogP contribution in [-0.2, 0) is 0 Å². The van der Waals surface area contributed by atoms with Crippen LogP contribution in [0.1, 0.15) is 42.3 Å². The van der Waals surface area contributed by atoms with Gasteiger partial charge in [-0.05, 0) is 36.1 Å². The minimum atomic E-state index is -0.0607. The van der Waals surface area contributed by atoms with Crippen molar-refractivity contribution in [2.75, 3.05) is 13.1 Å². The molecule has 19 heavy (non-hydrogen) atoms. The number of nitrogens with two attached hydrogens (primary N) is 1. The van der Waals surface area contributed by atoms with E-state index in [4.69, 9.17) is 5.73 Å². The van der Waals surface area contributed by atoms with Crippen molar-refractivity contribution in [2.24, 2.45) is 11.1 Å². The predicted molar refractivity (Wildman–Crippen MR) is 78.9 cm³/mol. The van der Waals surface area contributed by atoms with E-state index in [2.05, 4.69) is 37.9 Å². The fourth-order valence-corrected chi connectivity index (χ4v) is 1.59. The third kappa shape index (κ3) is 5.58. The van der Waals surface area contributed by atoms with Crippen molar-refractivity contribution in [2.45, 2.75) is 27.7 Å². The maximum atomic E-state index is 12.1. The molecule has 0 fully saturated rings. The van der Waals surface area contributed by atoms with Crippen molar-refractivity contribution in [1.82, 2.24) is 5.32 Å². The van der Waals surface area contributed by atoms with E-state index < -0.39 is 0 Å². The molecule has 0 saturated heterocycles. The molecule has 0 atom stereocenters. The summed E-state index contributed by atoms with van der Waals surface area (Å²) in [5, 5.41) is 2.94. The number of benzene rings is 1. The zero-order valence-corrected chi connectivity index (χ0v) is 12.1. The van der Waals surface area contributed by atoms with Gasteiger partial charge in [-0.25, -0.2) is 0 Å². The normalized spacial score (nSPS) is 10.6. The maximum absolute atomic E-state index is 12.1. The second kappa shape index (κ2) is 6.40. The van der Waals surface area contributed by atoms with Crippen LogP contribution in [0.2, 0.25) is 0 Å². The molecule has 1 aromatic carbocycles. The van der Waals surface area contributed by atoms with Crippen molar-refractivity contribution < 1.29 is 4.79 Å². The Morgan fingerprint density at radius 3 is 2.58 bits per heavy atom. The van der Waals surface area contributed by atoms with E-state index in [0.717, 1.165) is 11.1 Å². The van der Waals surface area contributed by atoms with E-state index in [9.17, 15) is 4.79 Å². The zero-order chi connectivity index (χ0) is 14.5. The van der Waals surface area contributed by atoms with Gasteiger partial charge in [-0.1, -0.05) is 32.6 Å². The zero-order valence-electron chi connectivity index (χ0n) is 12.1. The summed E-state index contributed by atoms with van der Waals surface area (Å²) in [6.45, 7) is 9.17. The molecule has 1 aromatic rings. The molecule has 1 rings (SSSR count). The van der Waals surface area contributed by atoms with Crippen LogP contribution in [0.15, 0.2) is 18.2 Å². The van der Waals surface area contributed by atoms with Crippen LogP contribution in [0.4, 0.5) is 0 Å². The predicted octanol–water partition coefficient (Wildman–Crippen LogP) is 2.08. The van der Waals surface area contributed by atoms with Crippen LogP contribution >= 0.6 is 0 Å². The van der Waals surface area contributed by atoms with Gasteiger partial charge in [-0.2, -0.15) is 0 Å². The molecule has 0 aliphatic carbocycles. The highest BCUT2D eigenvalue weighted by Crippen LogP contribution is 2.12. The summed E-state index contributed by atoms with van der Waals surface area (Å²) in [5.41, 5.74) is 7.91. The molecular formula is C16H22N2O. The van der Waals surface area contributed by atoms with Gasteiger partial charge < -0.3 is 11.1 Å². The number of hydrogen-bond donors (Lipinski definition) is 2. The van der Waals surface area contributed by atoms with E-state index in [0.29, 0.717) is 18.7 Å². The summed E-state index contributed by atoms with van der Waals surface area (Å²) in [5.74, 6) is 5.70. The van der Waals surface area contributed by atoms with Gasteiger partial charge in [0.2, 0.25) is 0 Å². The number of amides is 1. The Labute approximate surface area is 115 Å². The molecule has 0 saturated carbocycles. The Morgan fingerprint density at radius 1 is 1.32 bits per heavy atom. The summed E-state index contributed by atoms with van der Waals surface area (Å²) < 4.78 is 0. The van der Waals surface area contributed by atoms with Crippen molar-refractivity contribution in [3.8, 4) is 11.8 Å². The van der Waals surface area contributed by atoms with Crippen molar-refractivity contribution in [3.63, 3.8) is 0 Å². The van der Waals surface area contributed by atoms with E-state index in [1.54, 1.807) is 6.07 Å². The first-order valence-electron chi connectivity index (χ1n) is 6.41. The lowest BCUT2D eigenvalue weighted by Crippen LogP contribution is -2.32. The van der Waals surface area contributed by atoms with E-state index in [-0.39, 0.29) is 11.3 Å². The fourth-order valence-electron chi connectivity index (χ4n) is 1.59. The number of nitrogens with one attached hydrogen (secondary N) is 1. The van der Waals surface area contributed by atoms with E-state index in [1.165, 1.54) is 0 Å². The van der Waals surface area contributed by atoms with Crippen LogP contribution in [-0.4, -0.2) is 19.0 Å². The van der Waals surface area contributed by atoms with Crippen LogP contribution in [0.5, 0.6) is 0 Å². The van der Waals surface area contributed by atoms with Crippen LogP contribution < -0.4 is 11.1 Å². The first-order chi connectivity index (χ1) is 8.81. The molecule has 0 heterocycles. The number of hydrogen-bond acceptors (Lipinski definition) is 2. The Bertz CT molecular complexity index is 516. The summed E-state index contributed by atoms with van der Waals surface area (Å²) in [4.78, 5) is 12.1. The third-order valence-corrected chi connectivity index (χ3v) is 2.45. The molecule has 0 unspecified atom stereocenters. The van der Waals surface area contributed by atoms with Gasteiger partial charge in [0.15, 0.2) is 0 Å². The Hall–Kier alpha value is -1.79. The molecule has 0 aromatic heterocycles. The molecule has 0 spiro atoms. The van der Waals surface area contributed by atoms with Crippen LogP contribution in [0, 0.1) is 24.2 Å². The number of carbonyl (C=O) groups excluding carboxylic acids is 1. The highest BCUT2D eigenvalue weighted by atomic mass is 16.1. The molecule has 3 nitrogen and oxygen atoms in total. The monoisotopic (exact) mass is 258 g/mol. The summed E-state index contributed by atoms with van der Waals surface area (Å²) in [6.07, 6.45) is 0. The van der Waals surface area contributed by atoms with Gasteiger partial charge in [-0.3, -0.25) is 4.79 Å². The Morgan fingerprint density at radius 2 is 2.00 bits per heavy atom. The minimum Gasteiger partial charge on any atom is -0.352 e.